The van der Waals surface area contributed by atoms with Crippen molar-refractivity contribution in [3.63, 3.8) is 0 Å². The van der Waals surface area contributed by atoms with Crippen LogP contribution in [0.3, 0.4) is 0 Å². The molecule has 23 aliphatic rings. The number of hydrogen-bond donors (Lipinski definition) is 20. The summed E-state index contributed by atoms with van der Waals surface area (Å²) in [5.74, 6) is -0.528. The van der Waals surface area contributed by atoms with Gasteiger partial charge in [-0.25, -0.2) is 4.79 Å². The Morgan fingerprint density at radius 2 is 0.620 bits per heavy atom. The number of aliphatic hydroxyl groups excluding tert-OH is 20. The van der Waals surface area contributed by atoms with Crippen molar-refractivity contribution in [1.82, 2.24) is 5.06 Å². The van der Waals surface area contributed by atoms with Crippen molar-refractivity contribution < 1.29 is 183 Å². The molecule has 0 aliphatic carbocycles. The van der Waals surface area contributed by atoms with Gasteiger partial charge >= 0.3 is 5.97 Å². The van der Waals surface area contributed by atoms with E-state index in [0.717, 1.165) is 49.9 Å². The fourth-order valence-electron chi connectivity index (χ4n) is 13.0. The molecule has 0 aromatic heterocycles. The molecule has 35 atom stereocenters. The molecule has 0 amide bonds. The molecule has 0 radical (unpaired) electrons. The van der Waals surface area contributed by atoms with Gasteiger partial charge in [0.1, 0.15) is 171 Å². The predicted molar refractivity (Wildman–Crippen MR) is 290 cm³/mol. The van der Waals surface area contributed by atoms with Crippen LogP contribution in [0.5, 0.6) is 0 Å². The molecule has 23 aliphatic heterocycles. The monoisotopic (exact) mass is 1360 g/mol. The molecule has 0 saturated carbocycles. The Labute approximate surface area is 527 Å². The number of nitrogens with zero attached hydrogens (tertiary/aromatic N) is 2. The molecular weight excluding hydrogens is 1270 g/mol. The molecule has 0 aromatic rings. The first kappa shape index (κ1) is 72.7. The first-order valence-electron chi connectivity index (χ1n) is 30.6. The molecular formula is C53H87N2O36S+. The van der Waals surface area contributed by atoms with E-state index < -0.39 is 261 Å². The number of hydrogen-bond acceptors (Lipinski definition) is 38. The van der Waals surface area contributed by atoms with Crippen LogP contribution in [0.4, 0.5) is 0 Å². The zero-order valence-electron chi connectivity index (χ0n) is 49.3. The molecule has 39 heteroatoms. The molecule has 0 unspecified atom stereocenters. The third-order valence-electron chi connectivity index (χ3n) is 18.1. The Kier molecular flexibility index (Phi) is 25.2. The van der Waals surface area contributed by atoms with Crippen molar-refractivity contribution in [2.24, 2.45) is 0 Å². The minimum Gasteiger partial charge on any atom is -0.394 e. The SMILES string of the molecule is O=C(CSC[C@H]1O[C@@H]2O[C@H]3[C@H](O)[C@@H](O)[C@@H](O[C@H]4[C@H](O)[C@@H](O)[C@@H](O[C@H]5[C@H](O)[C@@H](O)[C@@H](O[C@H]6[C@H](O)[C@@H](O)[C@@H](O[C@H]7[C@H](O)[C@@H](O)[C@@H](O[C@H]8[C@H](O)[C@@H](O)[C@@H](O[C@H]1[C@H](O)[C@H]2O)O[C@@H]8CO)O[C@@H]7CO)O[C@@H]6CO)O[C@@H]5CO)O[C@@H]4CO)O[C@@H]3CO)ON1CCC[N+]2=C1CCCCC2. The maximum absolute atomic E-state index is 13.5. The lowest BCUT2D eigenvalue weighted by atomic mass is 9.95. The Bertz CT molecular complexity index is 2370. The van der Waals surface area contributed by atoms with Crippen LogP contribution < -0.4 is 0 Å². The Morgan fingerprint density at radius 1 is 0.359 bits per heavy atom. The average molecular weight is 1360 g/mol. The van der Waals surface area contributed by atoms with E-state index in [1.807, 2.05) is 0 Å². The third-order valence-corrected chi connectivity index (χ3v) is 19.1. The van der Waals surface area contributed by atoms with E-state index in [0.29, 0.717) is 19.4 Å². The first-order chi connectivity index (χ1) is 44.0. The second-order valence-corrected chi connectivity index (χ2v) is 25.1. The van der Waals surface area contributed by atoms with Crippen molar-refractivity contribution in [1.29, 1.82) is 0 Å². The van der Waals surface area contributed by atoms with E-state index in [9.17, 15) is 107 Å². The highest BCUT2D eigenvalue weighted by Gasteiger charge is 2.60. The molecule has 23 rings (SSSR count). The summed E-state index contributed by atoms with van der Waals surface area (Å²) in [4.78, 5) is 19.3. The summed E-state index contributed by atoms with van der Waals surface area (Å²) in [6.45, 7) is -4.30. The quantitative estimate of drug-likeness (QED) is 0.0854. The topological polar surface area (TPSA) is 566 Å². The van der Waals surface area contributed by atoms with Crippen molar-refractivity contribution in [3.8, 4) is 0 Å². The lowest BCUT2D eigenvalue weighted by Crippen LogP contribution is -2.68. The minimum absolute atomic E-state index is 0.341. The number of carbonyl (C=O) groups excluding carboxylic acids is 1. The molecule has 530 valence electrons. The van der Waals surface area contributed by atoms with Crippen molar-refractivity contribution >= 4 is 23.6 Å². The highest BCUT2D eigenvalue weighted by molar-refractivity contribution is 7.99. The lowest BCUT2D eigenvalue weighted by molar-refractivity contribution is -0.544. The number of ether oxygens (including phenoxy) is 14. The first-order valence-corrected chi connectivity index (χ1v) is 31.7. The van der Waals surface area contributed by atoms with Crippen LogP contribution in [-0.2, 0) is 75.9 Å². The van der Waals surface area contributed by atoms with Gasteiger partial charge in [-0.1, -0.05) is 5.06 Å². The van der Waals surface area contributed by atoms with Gasteiger partial charge in [0.05, 0.1) is 71.0 Å². The van der Waals surface area contributed by atoms with E-state index >= 15 is 0 Å². The van der Waals surface area contributed by atoms with Gasteiger partial charge in [0.25, 0.3) is 5.84 Å². The molecule has 20 N–H and O–H groups in total. The summed E-state index contributed by atoms with van der Waals surface area (Å²) >= 11 is 0.881. The highest BCUT2D eigenvalue weighted by atomic mass is 32.2. The van der Waals surface area contributed by atoms with Crippen LogP contribution >= 0.6 is 11.8 Å². The molecule has 38 nitrogen and oxygen atoms in total. The van der Waals surface area contributed by atoms with Gasteiger partial charge in [0.2, 0.25) is 0 Å². The lowest BCUT2D eigenvalue weighted by Gasteiger charge is -2.50. The second-order valence-electron chi connectivity index (χ2n) is 24.1. The van der Waals surface area contributed by atoms with E-state index in [1.54, 1.807) is 5.06 Å². The van der Waals surface area contributed by atoms with Gasteiger partial charge in [0, 0.05) is 12.2 Å². The number of hydroxylamine groups is 2. The largest absolute Gasteiger partial charge is 0.394 e. The predicted octanol–water partition coefficient (Wildman–Crippen LogP) is -13.3. The van der Waals surface area contributed by atoms with Gasteiger partial charge in [-0.3, -0.25) is 9.41 Å². The van der Waals surface area contributed by atoms with E-state index in [1.165, 1.54) is 0 Å². The maximum atomic E-state index is 13.5. The van der Waals surface area contributed by atoms with Gasteiger partial charge in [0.15, 0.2) is 44.0 Å². The molecule has 21 saturated heterocycles. The van der Waals surface area contributed by atoms with Crippen molar-refractivity contribution in [2.45, 2.75) is 247 Å². The number of carbonyl (C=O) groups is 1. The van der Waals surface area contributed by atoms with Gasteiger partial charge in [-0.2, -0.15) is 0 Å². The summed E-state index contributed by atoms with van der Waals surface area (Å²) in [7, 11) is 0. The zero-order chi connectivity index (χ0) is 66.1. The van der Waals surface area contributed by atoms with E-state index in [4.69, 9.17) is 71.2 Å². The molecule has 14 bridgehead atoms. The van der Waals surface area contributed by atoms with Crippen molar-refractivity contribution in [2.75, 3.05) is 70.8 Å². The number of thioether (sulfide) groups is 1. The second kappa shape index (κ2) is 31.8. The molecule has 23 heterocycles. The van der Waals surface area contributed by atoms with Gasteiger partial charge < -0.3 is 168 Å². The van der Waals surface area contributed by atoms with Crippen LogP contribution in [-0.4, -0.2) is 409 Å². The maximum Gasteiger partial charge on any atom is 0.367 e. The third kappa shape index (κ3) is 15.1. The van der Waals surface area contributed by atoms with Crippen LogP contribution in [0, 0.1) is 0 Å². The van der Waals surface area contributed by atoms with Crippen LogP contribution in [0.2, 0.25) is 0 Å². The van der Waals surface area contributed by atoms with Crippen LogP contribution in [0.25, 0.3) is 0 Å². The fraction of sp³-hybridized carbons (Fsp3) is 0.962. The Balaban J connectivity index is 0.926. The molecule has 92 heavy (non-hydrogen) atoms. The normalized spacial score (nSPS) is 50.1. The summed E-state index contributed by atoms with van der Waals surface area (Å²) in [6, 6.07) is 0. The average Bonchev–Trinajstić information content (AvgIpc) is 1.18. The minimum atomic E-state index is -2.23. The van der Waals surface area contributed by atoms with Crippen LogP contribution in [0.15, 0.2) is 0 Å². The zero-order valence-corrected chi connectivity index (χ0v) is 50.1. The Morgan fingerprint density at radius 3 is 0.902 bits per heavy atom. The standard InChI is InChI=1S/C53H87N2O36S/c56-9-17-40-27(64)34(71)48(78-17)86-42-19(11-58)80-50(36(73)29(42)66)88-44-21(13-60)82-52(38(75)31(44)68)90-46-23(15-92-16-25(62)91-55-8-4-7-54-6-3-1-2-5-24(54)55)83-53(39(76)32(46)69)89-45-22(14-61)81-51(37(74)30(45)67)87-43-20(12-59)79-49(35(72)28(43)65)85-41-18(10-57)77-47(84-40)33(70)26(41)63/h17-23,26-53,56-61,63-76H,1-16H2/q+1/t17-,18-,19-,20-,21-,22-,23-,26-,27-,28-,29-,30-,31-,32-,33-,34-,35-,36-,37-,38-,39-,40-,41-,42-,43-,44-,45-,46-,47-,48-,49-,50-,51-,52-,53-/m1/s1. The molecule has 0 aromatic carbocycles. The molecule has 0 spiro atoms. The summed E-state index contributed by atoms with van der Waals surface area (Å²) in [6.07, 6.45) is -66.2. The smallest absolute Gasteiger partial charge is 0.367 e. The number of amidine groups is 1. The summed E-state index contributed by atoms with van der Waals surface area (Å²) in [5.41, 5.74) is 0. The Hall–Kier alpha value is -2.07. The fourth-order valence-corrected chi connectivity index (χ4v) is 13.9. The van der Waals surface area contributed by atoms with E-state index in [-0.39, 0.29) is 11.5 Å². The summed E-state index contributed by atoms with van der Waals surface area (Å²) in [5, 5.41) is 226. The number of rotatable bonds is 11. The molecule has 21 fully saturated rings. The highest BCUT2D eigenvalue weighted by Crippen LogP contribution is 2.39. The van der Waals surface area contributed by atoms with Crippen LogP contribution in [0.1, 0.15) is 32.1 Å². The van der Waals surface area contributed by atoms with Gasteiger partial charge in [-0.05, 0) is 19.3 Å². The van der Waals surface area contributed by atoms with Crippen molar-refractivity contribution in [3.05, 3.63) is 0 Å². The van der Waals surface area contributed by atoms with Gasteiger partial charge in [-0.15, -0.1) is 11.8 Å². The summed E-state index contributed by atoms with van der Waals surface area (Å²) < 4.78 is 83.9. The number of aliphatic hydroxyl groups is 20. The van der Waals surface area contributed by atoms with E-state index in [2.05, 4.69) is 4.58 Å².